The Hall–Kier alpha value is -2.67. The number of hydrogen-bond donors (Lipinski definition) is 1. The van der Waals surface area contributed by atoms with Crippen molar-refractivity contribution in [1.82, 2.24) is 4.90 Å². The van der Waals surface area contributed by atoms with Crippen LogP contribution in [0.2, 0.25) is 0 Å². The molecule has 23 heavy (non-hydrogen) atoms. The number of carboxylic acids is 1. The highest BCUT2D eigenvalue weighted by molar-refractivity contribution is 5.69. The highest BCUT2D eigenvalue weighted by atomic mass is 16.6. The number of nitro groups is 1. The molecule has 0 saturated heterocycles. The second-order valence-electron chi connectivity index (χ2n) is 5.17. The van der Waals surface area contributed by atoms with E-state index in [0.29, 0.717) is 24.6 Å². The molecule has 0 atom stereocenters. The Morgan fingerprint density at radius 1 is 1.26 bits per heavy atom. The standard InChI is InChI=1S/C16H18N2O5/c1-2-9-17(11-16(19)20)10-14-7-8-15(23-14)12-3-5-13(6-4-12)18(21)22/h3-8H,2,9-11H2,1H3,(H,19,20). The van der Waals surface area contributed by atoms with Gasteiger partial charge < -0.3 is 9.52 Å². The summed E-state index contributed by atoms with van der Waals surface area (Å²) in [7, 11) is 0. The Morgan fingerprint density at radius 2 is 1.96 bits per heavy atom. The van der Waals surface area contributed by atoms with Crippen LogP contribution in [0.3, 0.4) is 0 Å². The molecule has 0 aliphatic carbocycles. The van der Waals surface area contributed by atoms with E-state index >= 15 is 0 Å². The molecule has 0 bridgehead atoms. The van der Waals surface area contributed by atoms with Crippen LogP contribution in [0.1, 0.15) is 19.1 Å². The first-order valence-electron chi connectivity index (χ1n) is 7.27. The Morgan fingerprint density at radius 3 is 2.52 bits per heavy atom. The third-order valence-corrected chi connectivity index (χ3v) is 3.30. The minimum absolute atomic E-state index is 0.0242. The molecule has 1 aromatic heterocycles. The van der Waals surface area contributed by atoms with E-state index < -0.39 is 10.9 Å². The van der Waals surface area contributed by atoms with Gasteiger partial charge in [-0.2, -0.15) is 0 Å². The first-order valence-corrected chi connectivity index (χ1v) is 7.27. The van der Waals surface area contributed by atoms with Gasteiger partial charge in [0.15, 0.2) is 0 Å². The summed E-state index contributed by atoms with van der Waals surface area (Å²) in [6, 6.07) is 9.67. The van der Waals surface area contributed by atoms with Crippen LogP contribution in [0.4, 0.5) is 5.69 Å². The first kappa shape index (κ1) is 16.7. The van der Waals surface area contributed by atoms with Gasteiger partial charge >= 0.3 is 5.97 Å². The molecule has 1 N–H and O–H groups in total. The molecule has 2 aromatic rings. The van der Waals surface area contributed by atoms with E-state index in [1.54, 1.807) is 29.2 Å². The molecule has 1 heterocycles. The van der Waals surface area contributed by atoms with E-state index in [0.717, 1.165) is 12.0 Å². The van der Waals surface area contributed by atoms with Crippen molar-refractivity contribution in [2.45, 2.75) is 19.9 Å². The van der Waals surface area contributed by atoms with Gasteiger partial charge in [-0.1, -0.05) is 6.92 Å². The van der Waals surface area contributed by atoms with E-state index in [-0.39, 0.29) is 12.2 Å². The van der Waals surface area contributed by atoms with Crippen LogP contribution in [-0.2, 0) is 11.3 Å². The van der Waals surface area contributed by atoms with Crippen molar-refractivity contribution in [3.05, 3.63) is 52.3 Å². The number of aliphatic carboxylic acids is 1. The maximum Gasteiger partial charge on any atom is 0.317 e. The third-order valence-electron chi connectivity index (χ3n) is 3.30. The summed E-state index contributed by atoms with van der Waals surface area (Å²) in [5, 5.41) is 19.6. The molecule has 0 radical (unpaired) electrons. The van der Waals surface area contributed by atoms with E-state index in [9.17, 15) is 14.9 Å². The Balaban J connectivity index is 2.09. The highest BCUT2D eigenvalue weighted by Gasteiger charge is 2.13. The SMILES string of the molecule is CCCN(CC(=O)O)Cc1ccc(-c2ccc([N+](=O)[O-])cc2)o1. The lowest BCUT2D eigenvalue weighted by atomic mass is 10.1. The summed E-state index contributed by atoms with van der Waals surface area (Å²) >= 11 is 0. The van der Waals surface area contributed by atoms with Crippen LogP contribution in [0, 0.1) is 10.1 Å². The predicted molar refractivity (Wildman–Crippen MR) is 84.0 cm³/mol. The summed E-state index contributed by atoms with van der Waals surface area (Å²) in [6.45, 7) is 3.02. The van der Waals surface area contributed by atoms with Crippen molar-refractivity contribution in [1.29, 1.82) is 0 Å². The number of rotatable bonds is 8. The zero-order chi connectivity index (χ0) is 16.8. The Kier molecular flexibility index (Phi) is 5.48. The molecular weight excluding hydrogens is 300 g/mol. The molecule has 1 aromatic carbocycles. The van der Waals surface area contributed by atoms with Gasteiger partial charge in [0.1, 0.15) is 11.5 Å². The molecule has 0 spiro atoms. The second kappa shape index (κ2) is 7.55. The molecule has 0 unspecified atom stereocenters. The first-order chi connectivity index (χ1) is 11.0. The van der Waals surface area contributed by atoms with Crippen molar-refractivity contribution < 1.29 is 19.2 Å². The van der Waals surface area contributed by atoms with Crippen LogP contribution >= 0.6 is 0 Å². The largest absolute Gasteiger partial charge is 0.480 e. The zero-order valence-corrected chi connectivity index (χ0v) is 12.8. The summed E-state index contributed by atoms with van der Waals surface area (Å²) in [5.41, 5.74) is 0.762. The lowest BCUT2D eigenvalue weighted by Gasteiger charge is -2.17. The van der Waals surface area contributed by atoms with Crippen molar-refractivity contribution in [2.24, 2.45) is 0 Å². The van der Waals surface area contributed by atoms with Crippen LogP contribution in [-0.4, -0.2) is 34.0 Å². The van der Waals surface area contributed by atoms with Gasteiger partial charge in [-0.25, -0.2) is 0 Å². The van der Waals surface area contributed by atoms with E-state index in [1.807, 2.05) is 6.92 Å². The third kappa shape index (κ3) is 4.65. The summed E-state index contributed by atoms with van der Waals surface area (Å²) in [5.74, 6) is 0.385. The van der Waals surface area contributed by atoms with Gasteiger partial charge in [-0.15, -0.1) is 0 Å². The fourth-order valence-corrected chi connectivity index (χ4v) is 2.31. The maximum atomic E-state index is 10.9. The predicted octanol–water partition coefficient (Wildman–Crippen LogP) is 3.15. The number of carbonyl (C=O) groups is 1. The van der Waals surface area contributed by atoms with Gasteiger partial charge in [0.2, 0.25) is 0 Å². The number of non-ortho nitro benzene ring substituents is 1. The molecule has 0 amide bonds. The van der Waals surface area contributed by atoms with Gasteiger partial charge in [-0.05, 0) is 37.2 Å². The Bertz CT molecular complexity index is 678. The minimum atomic E-state index is -0.874. The maximum absolute atomic E-state index is 10.9. The minimum Gasteiger partial charge on any atom is -0.480 e. The Labute approximate surface area is 133 Å². The van der Waals surface area contributed by atoms with Crippen LogP contribution in [0.5, 0.6) is 0 Å². The fourth-order valence-electron chi connectivity index (χ4n) is 2.31. The summed E-state index contributed by atoms with van der Waals surface area (Å²) in [6.07, 6.45) is 0.850. The molecule has 7 nitrogen and oxygen atoms in total. The molecular formula is C16H18N2O5. The van der Waals surface area contributed by atoms with E-state index in [1.165, 1.54) is 12.1 Å². The smallest absolute Gasteiger partial charge is 0.317 e. The molecule has 2 rings (SSSR count). The number of carboxylic acid groups (broad SMARTS) is 1. The quantitative estimate of drug-likeness (QED) is 0.593. The average molecular weight is 318 g/mol. The van der Waals surface area contributed by atoms with E-state index in [2.05, 4.69) is 0 Å². The van der Waals surface area contributed by atoms with Crippen molar-refractivity contribution in [3.63, 3.8) is 0 Å². The second-order valence-corrected chi connectivity index (χ2v) is 5.17. The summed E-state index contributed by atoms with van der Waals surface area (Å²) in [4.78, 5) is 22.9. The lowest BCUT2D eigenvalue weighted by Crippen LogP contribution is -2.29. The molecule has 0 aliphatic rings. The van der Waals surface area contributed by atoms with Gasteiger partial charge in [0.05, 0.1) is 18.0 Å². The molecule has 122 valence electrons. The zero-order valence-electron chi connectivity index (χ0n) is 12.8. The summed E-state index contributed by atoms with van der Waals surface area (Å²) < 4.78 is 5.72. The van der Waals surface area contributed by atoms with Crippen LogP contribution < -0.4 is 0 Å². The molecule has 0 saturated carbocycles. The number of nitro benzene ring substituents is 1. The highest BCUT2D eigenvalue weighted by Crippen LogP contribution is 2.25. The molecule has 0 aliphatic heterocycles. The normalized spacial score (nSPS) is 10.9. The monoisotopic (exact) mass is 318 g/mol. The van der Waals surface area contributed by atoms with Crippen molar-refractivity contribution >= 4 is 11.7 Å². The van der Waals surface area contributed by atoms with Crippen molar-refractivity contribution in [2.75, 3.05) is 13.1 Å². The van der Waals surface area contributed by atoms with Gasteiger partial charge in [-0.3, -0.25) is 19.8 Å². The van der Waals surface area contributed by atoms with Crippen molar-refractivity contribution in [3.8, 4) is 11.3 Å². The van der Waals surface area contributed by atoms with Crippen LogP contribution in [0.15, 0.2) is 40.8 Å². The van der Waals surface area contributed by atoms with Gasteiger partial charge in [0.25, 0.3) is 5.69 Å². The number of hydrogen-bond acceptors (Lipinski definition) is 5. The lowest BCUT2D eigenvalue weighted by molar-refractivity contribution is -0.384. The fraction of sp³-hybridized carbons (Fsp3) is 0.312. The average Bonchev–Trinajstić information content (AvgIpc) is 2.95. The molecule has 7 heteroatoms. The van der Waals surface area contributed by atoms with Crippen LogP contribution in [0.25, 0.3) is 11.3 Å². The number of benzene rings is 1. The van der Waals surface area contributed by atoms with Gasteiger partial charge in [0, 0.05) is 17.7 Å². The number of furan rings is 1. The van der Waals surface area contributed by atoms with E-state index in [4.69, 9.17) is 9.52 Å². The number of nitrogens with zero attached hydrogens (tertiary/aromatic N) is 2. The molecule has 0 fully saturated rings. The topological polar surface area (TPSA) is 96.8 Å².